The van der Waals surface area contributed by atoms with Gasteiger partial charge in [0.2, 0.25) is 5.91 Å². The molecule has 7 nitrogen and oxygen atoms in total. The van der Waals surface area contributed by atoms with Gasteiger partial charge < -0.3 is 19.5 Å². The summed E-state index contributed by atoms with van der Waals surface area (Å²) < 4.78 is 6.03. The number of oxazole rings is 1. The van der Waals surface area contributed by atoms with Crippen LogP contribution in [0.2, 0.25) is 0 Å². The van der Waals surface area contributed by atoms with E-state index in [-0.39, 0.29) is 23.8 Å². The van der Waals surface area contributed by atoms with E-state index in [1.807, 2.05) is 23.1 Å². The largest absolute Gasteiger partial charge is 0.440 e. The van der Waals surface area contributed by atoms with E-state index in [1.165, 1.54) is 12.8 Å². The minimum absolute atomic E-state index is 0.0550. The Hall–Kier alpha value is -2.41. The van der Waals surface area contributed by atoms with Gasteiger partial charge in [0.25, 0.3) is 5.91 Å². The molecule has 0 radical (unpaired) electrons. The Morgan fingerprint density at radius 1 is 1.10 bits per heavy atom. The number of benzene rings is 1. The Morgan fingerprint density at radius 3 is 2.52 bits per heavy atom. The number of carbonyl (C=O) groups excluding carboxylic acids is 2. The van der Waals surface area contributed by atoms with Crippen molar-refractivity contribution < 1.29 is 14.0 Å². The Kier molecular flexibility index (Phi) is 4.78. The SMILES string of the molecule is CC(=O)N1CCC(c2nc3c(C(=O)N[C@@H]4CN5CCC4CC5)cccc3o2)CC1. The molecule has 6 rings (SSSR count). The molecule has 1 aromatic heterocycles. The van der Waals surface area contributed by atoms with Crippen molar-refractivity contribution in [1.82, 2.24) is 20.1 Å². The molecule has 29 heavy (non-hydrogen) atoms. The summed E-state index contributed by atoms with van der Waals surface area (Å²) in [6.45, 7) is 6.33. The second kappa shape index (κ2) is 7.44. The van der Waals surface area contributed by atoms with Crippen molar-refractivity contribution in [3.63, 3.8) is 0 Å². The van der Waals surface area contributed by atoms with E-state index in [0.29, 0.717) is 28.5 Å². The molecule has 1 aromatic carbocycles. The number of fused-ring (bicyclic) bond motifs is 4. The van der Waals surface area contributed by atoms with Gasteiger partial charge in [0.05, 0.1) is 5.56 Å². The van der Waals surface area contributed by atoms with Crippen molar-refractivity contribution in [3.05, 3.63) is 29.7 Å². The zero-order valence-electron chi connectivity index (χ0n) is 16.9. The number of piperidine rings is 4. The van der Waals surface area contributed by atoms with Crippen LogP contribution in [-0.2, 0) is 4.79 Å². The molecule has 5 heterocycles. The summed E-state index contributed by atoms with van der Waals surface area (Å²) in [5.74, 6) is 1.53. The normalized spacial score (nSPS) is 27.3. The van der Waals surface area contributed by atoms with Crippen molar-refractivity contribution in [2.24, 2.45) is 5.92 Å². The standard InChI is InChI=1S/C22H28N4O3/c1-14(27)26-11-7-16(8-12-26)22-24-20-17(3-2-4-19(20)29-22)21(28)23-18-13-25-9-5-15(18)6-10-25/h2-4,15-16,18H,5-13H2,1H3,(H,23,28)/t18-/m1/s1. The second-order valence-electron chi connectivity index (χ2n) is 8.70. The average molecular weight is 396 g/mol. The summed E-state index contributed by atoms with van der Waals surface area (Å²) in [5, 5.41) is 3.26. The Bertz CT molecular complexity index is 923. The summed E-state index contributed by atoms with van der Waals surface area (Å²) >= 11 is 0. The van der Waals surface area contributed by atoms with Crippen molar-refractivity contribution in [1.29, 1.82) is 0 Å². The molecule has 4 aliphatic heterocycles. The zero-order valence-corrected chi connectivity index (χ0v) is 16.9. The first-order valence-corrected chi connectivity index (χ1v) is 10.8. The van der Waals surface area contributed by atoms with E-state index in [9.17, 15) is 9.59 Å². The van der Waals surface area contributed by atoms with Gasteiger partial charge in [0.15, 0.2) is 11.5 Å². The molecule has 4 aliphatic rings. The smallest absolute Gasteiger partial charge is 0.253 e. The van der Waals surface area contributed by atoms with Gasteiger partial charge in [-0.05, 0) is 56.8 Å². The van der Waals surface area contributed by atoms with E-state index in [1.54, 1.807) is 6.92 Å². The molecule has 2 bridgehead atoms. The van der Waals surface area contributed by atoms with E-state index in [0.717, 1.165) is 45.6 Å². The Labute approximate surface area is 170 Å². The highest BCUT2D eigenvalue weighted by molar-refractivity contribution is 6.04. The van der Waals surface area contributed by atoms with Crippen LogP contribution in [-0.4, -0.2) is 65.4 Å². The molecule has 1 atom stereocenters. The molecular formula is C22H28N4O3. The average Bonchev–Trinajstić information content (AvgIpc) is 3.19. The van der Waals surface area contributed by atoms with Crippen LogP contribution in [0.3, 0.4) is 0 Å². The Morgan fingerprint density at radius 2 is 1.86 bits per heavy atom. The fourth-order valence-electron chi connectivity index (χ4n) is 5.14. The van der Waals surface area contributed by atoms with Gasteiger partial charge >= 0.3 is 0 Å². The number of para-hydroxylation sites is 1. The maximum absolute atomic E-state index is 13.1. The van der Waals surface area contributed by atoms with E-state index in [2.05, 4.69) is 10.2 Å². The lowest BCUT2D eigenvalue weighted by molar-refractivity contribution is -0.129. The number of likely N-dealkylation sites (tertiary alicyclic amines) is 1. The van der Waals surface area contributed by atoms with Crippen LogP contribution < -0.4 is 5.32 Å². The number of carbonyl (C=O) groups is 2. The topological polar surface area (TPSA) is 78.7 Å². The molecule has 154 valence electrons. The van der Waals surface area contributed by atoms with Crippen LogP contribution in [0.4, 0.5) is 0 Å². The maximum Gasteiger partial charge on any atom is 0.253 e. The van der Waals surface area contributed by atoms with Gasteiger partial charge in [0.1, 0.15) is 5.52 Å². The molecule has 0 unspecified atom stereocenters. The fourth-order valence-corrected chi connectivity index (χ4v) is 5.14. The van der Waals surface area contributed by atoms with E-state index in [4.69, 9.17) is 9.40 Å². The minimum Gasteiger partial charge on any atom is -0.440 e. The third kappa shape index (κ3) is 3.52. The first-order valence-electron chi connectivity index (χ1n) is 10.8. The summed E-state index contributed by atoms with van der Waals surface area (Å²) in [6, 6.07) is 5.80. The molecular weight excluding hydrogens is 368 g/mol. The first-order chi connectivity index (χ1) is 14.1. The van der Waals surface area contributed by atoms with Gasteiger partial charge in [-0.15, -0.1) is 0 Å². The highest BCUT2D eigenvalue weighted by atomic mass is 16.3. The lowest BCUT2D eigenvalue weighted by Gasteiger charge is -2.44. The minimum atomic E-state index is -0.0550. The zero-order chi connectivity index (χ0) is 20.0. The number of rotatable bonds is 3. The third-order valence-corrected chi connectivity index (χ3v) is 6.94. The van der Waals surface area contributed by atoms with Crippen molar-refractivity contribution in [2.45, 2.75) is 44.6 Å². The molecule has 2 amide bonds. The predicted molar refractivity (Wildman–Crippen MR) is 109 cm³/mol. The van der Waals surface area contributed by atoms with Crippen molar-refractivity contribution >= 4 is 22.9 Å². The van der Waals surface area contributed by atoms with Crippen LogP contribution in [0, 0.1) is 5.92 Å². The molecule has 0 saturated carbocycles. The van der Waals surface area contributed by atoms with Gasteiger partial charge in [-0.1, -0.05) is 6.07 Å². The van der Waals surface area contributed by atoms with Gasteiger partial charge in [-0.2, -0.15) is 0 Å². The number of nitrogens with zero attached hydrogens (tertiary/aromatic N) is 3. The summed E-state index contributed by atoms with van der Waals surface area (Å²) in [7, 11) is 0. The van der Waals surface area contributed by atoms with Crippen molar-refractivity contribution in [3.8, 4) is 0 Å². The quantitative estimate of drug-likeness (QED) is 0.862. The molecule has 2 aromatic rings. The lowest BCUT2D eigenvalue weighted by Crippen LogP contribution is -2.57. The molecule has 0 aliphatic carbocycles. The monoisotopic (exact) mass is 396 g/mol. The van der Waals surface area contributed by atoms with Crippen LogP contribution >= 0.6 is 0 Å². The number of hydrogen-bond acceptors (Lipinski definition) is 5. The number of aromatic nitrogens is 1. The van der Waals surface area contributed by atoms with Crippen LogP contribution in [0.25, 0.3) is 11.1 Å². The van der Waals surface area contributed by atoms with Gasteiger partial charge in [-0.25, -0.2) is 4.98 Å². The van der Waals surface area contributed by atoms with E-state index < -0.39 is 0 Å². The molecule has 4 fully saturated rings. The second-order valence-corrected chi connectivity index (χ2v) is 8.70. The first kappa shape index (κ1) is 18.6. The lowest BCUT2D eigenvalue weighted by atomic mass is 9.84. The highest BCUT2D eigenvalue weighted by Crippen LogP contribution is 2.32. The van der Waals surface area contributed by atoms with E-state index >= 15 is 0 Å². The van der Waals surface area contributed by atoms with Crippen LogP contribution in [0.1, 0.15) is 54.8 Å². The molecule has 1 N–H and O–H groups in total. The molecule has 4 saturated heterocycles. The number of amides is 2. The highest BCUT2D eigenvalue weighted by Gasteiger charge is 2.35. The van der Waals surface area contributed by atoms with Crippen molar-refractivity contribution in [2.75, 3.05) is 32.7 Å². The molecule has 0 spiro atoms. The molecule has 7 heteroatoms. The number of nitrogens with one attached hydrogen (secondary N) is 1. The summed E-state index contributed by atoms with van der Waals surface area (Å²) in [4.78, 5) is 33.6. The van der Waals surface area contributed by atoms with Crippen LogP contribution in [0.5, 0.6) is 0 Å². The van der Waals surface area contributed by atoms with Crippen LogP contribution in [0.15, 0.2) is 22.6 Å². The Balaban J connectivity index is 1.34. The fraction of sp³-hybridized carbons (Fsp3) is 0.591. The van der Waals surface area contributed by atoms with Gasteiger partial charge in [0, 0.05) is 38.5 Å². The summed E-state index contributed by atoms with van der Waals surface area (Å²) in [6.07, 6.45) is 4.02. The van der Waals surface area contributed by atoms with Gasteiger partial charge in [-0.3, -0.25) is 9.59 Å². The maximum atomic E-state index is 13.1. The summed E-state index contributed by atoms with van der Waals surface area (Å²) in [5.41, 5.74) is 1.90. The number of hydrogen-bond donors (Lipinski definition) is 1. The predicted octanol–water partition coefficient (Wildman–Crippen LogP) is 2.38. The third-order valence-electron chi connectivity index (χ3n) is 6.94.